The van der Waals surface area contributed by atoms with E-state index in [9.17, 15) is 4.79 Å². The Morgan fingerprint density at radius 1 is 1.83 bits per heavy atom. The molecule has 0 aromatic carbocycles. The van der Waals surface area contributed by atoms with Crippen LogP contribution in [0, 0.1) is 11.3 Å². The van der Waals surface area contributed by atoms with E-state index < -0.39 is 18.1 Å². The Balaban J connectivity index is 3.32. The summed E-state index contributed by atoms with van der Waals surface area (Å²) in [6.45, 7) is -0.609. The zero-order valence-electron chi connectivity index (χ0n) is 6.20. The topological polar surface area (TPSA) is 70.3 Å². The van der Waals surface area contributed by atoms with Crippen molar-refractivity contribution < 1.29 is 14.6 Å². The lowest BCUT2D eigenvalue weighted by molar-refractivity contribution is -0.148. The Labute approximate surface area is 79.5 Å². The van der Waals surface area contributed by atoms with Gasteiger partial charge in [-0.05, 0) is 0 Å². The molecule has 4 nitrogen and oxygen atoms in total. The van der Waals surface area contributed by atoms with Gasteiger partial charge in [0.1, 0.15) is 5.38 Å². The van der Waals surface area contributed by atoms with E-state index in [4.69, 9.17) is 22.0 Å². The number of esters is 1. The molecular weight excluding hydrogens is 202 g/mol. The Kier molecular flexibility index (Phi) is 6.96. The normalized spacial score (nSPS) is 11.8. The number of hydrogen-bond donors (Lipinski definition) is 1. The molecule has 0 spiro atoms. The predicted molar refractivity (Wildman–Crippen MR) is 45.8 cm³/mol. The minimum atomic E-state index is -0.609. The maximum absolute atomic E-state index is 10.6. The fourth-order valence-corrected chi connectivity index (χ4v) is 1.31. The number of thioether (sulfide) groups is 1. The average Bonchev–Trinajstić information content (AvgIpc) is 2.04. The van der Waals surface area contributed by atoms with Gasteiger partial charge in [0.05, 0.1) is 11.8 Å². The largest absolute Gasteiger partial charge is 0.438 e. The van der Waals surface area contributed by atoms with Gasteiger partial charge < -0.3 is 9.84 Å². The van der Waals surface area contributed by atoms with Crippen molar-refractivity contribution in [3.63, 3.8) is 0 Å². The molecule has 0 saturated carbocycles. The number of nitrogens with zero attached hydrogens (tertiary/aromatic N) is 1. The highest BCUT2D eigenvalue weighted by atomic mass is 35.5. The molecule has 1 unspecified atom stereocenters. The van der Waals surface area contributed by atoms with Gasteiger partial charge in [0.15, 0.2) is 6.79 Å². The lowest BCUT2D eigenvalue weighted by Gasteiger charge is -2.00. The molecule has 0 aliphatic carbocycles. The zero-order chi connectivity index (χ0) is 9.40. The second-order valence-corrected chi connectivity index (χ2v) is 3.31. The van der Waals surface area contributed by atoms with Crippen molar-refractivity contribution in [2.75, 3.05) is 18.3 Å². The number of halogens is 1. The highest BCUT2D eigenvalue weighted by Gasteiger charge is 2.05. The van der Waals surface area contributed by atoms with Crippen LogP contribution in [-0.2, 0) is 9.53 Å². The molecule has 0 aromatic heterocycles. The zero-order valence-corrected chi connectivity index (χ0v) is 7.77. The molecule has 0 heterocycles. The van der Waals surface area contributed by atoms with Crippen LogP contribution < -0.4 is 0 Å². The maximum Gasteiger partial charge on any atom is 0.317 e. The van der Waals surface area contributed by atoms with Gasteiger partial charge in [-0.25, -0.2) is 0 Å². The van der Waals surface area contributed by atoms with Crippen LogP contribution in [0.15, 0.2) is 0 Å². The van der Waals surface area contributed by atoms with Gasteiger partial charge in [-0.3, -0.25) is 4.79 Å². The summed E-state index contributed by atoms with van der Waals surface area (Å²) in [5, 5.41) is 15.8. The van der Waals surface area contributed by atoms with Gasteiger partial charge in [-0.2, -0.15) is 5.26 Å². The van der Waals surface area contributed by atoms with Crippen LogP contribution in [0.1, 0.15) is 0 Å². The minimum Gasteiger partial charge on any atom is -0.438 e. The first-order valence-corrected chi connectivity index (χ1v) is 4.67. The summed E-state index contributed by atoms with van der Waals surface area (Å²) in [6, 6.07) is 1.81. The van der Waals surface area contributed by atoms with Crippen molar-refractivity contribution in [3.8, 4) is 6.07 Å². The third-order valence-electron chi connectivity index (χ3n) is 0.850. The van der Waals surface area contributed by atoms with Crippen molar-refractivity contribution in [2.24, 2.45) is 0 Å². The number of carbonyl (C=O) groups is 1. The third kappa shape index (κ3) is 6.28. The Bertz CT molecular complexity index is 182. The molecule has 0 saturated heterocycles. The molecule has 0 amide bonds. The maximum atomic E-state index is 10.6. The van der Waals surface area contributed by atoms with Crippen LogP contribution in [0.2, 0.25) is 0 Å². The van der Waals surface area contributed by atoms with E-state index in [0.717, 1.165) is 0 Å². The van der Waals surface area contributed by atoms with E-state index in [-0.39, 0.29) is 5.75 Å². The lowest BCUT2D eigenvalue weighted by atomic mass is 10.5. The predicted octanol–water partition coefficient (Wildman–Crippen LogP) is 0.344. The Morgan fingerprint density at radius 3 is 3.00 bits per heavy atom. The van der Waals surface area contributed by atoms with Crippen LogP contribution >= 0.6 is 23.4 Å². The molecule has 0 rings (SSSR count). The van der Waals surface area contributed by atoms with Gasteiger partial charge in [-0.1, -0.05) is 0 Å². The summed E-state index contributed by atoms with van der Waals surface area (Å²) in [5.41, 5.74) is 0. The highest BCUT2D eigenvalue weighted by molar-refractivity contribution is 8.00. The van der Waals surface area contributed by atoms with E-state index in [1.165, 1.54) is 11.8 Å². The number of nitriles is 1. The standard InChI is InChI=1S/C6H8ClNO3S/c7-5(1-8)2-12-3-6(10)11-4-9/h5,9H,2-4H2. The number of aliphatic hydroxyl groups is 1. The van der Waals surface area contributed by atoms with Gasteiger partial charge in [0.2, 0.25) is 0 Å². The second-order valence-electron chi connectivity index (χ2n) is 1.76. The number of aliphatic hydroxyl groups excluding tert-OH is 1. The smallest absolute Gasteiger partial charge is 0.317 e. The monoisotopic (exact) mass is 209 g/mol. The molecule has 0 aliphatic rings. The van der Waals surface area contributed by atoms with E-state index in [1.807, 2.05) is 6.07 Å². The van der Waals surface area contributed by atoms with Crippen LogP contribution in [0.5, 0.6) is 0 Å². The van der Waals surface area contributed by atoms with Crippen molar-refractivity contribution in [3.05, 3.63) is 0 Å². The van der Waals surface area contributed by atoms with Crippen molar-refractivity contribution in [2.45, 2.75) is 5.38 Å². The summed E-state index contributed by atoms with van der Waals surface area (Å²) in [6.07, 6.45) is 0. The molecular formula is C6H8ClNO3S. The summed E-state index contributed by atoms with van der Waals surface area (Å²) < 4.78 is 4.23. The number of hydrogen-bond acceptors (Lipinski definition) is 5. The molecule has 0 fully saturated rings. The first kappa shape index (κ1) is 11.6. The van der Waals surface area contributed by atoms with E-state index >= 15 is 0 Å². The fraction of sp³-hybridized carbons (Fsp3) is 0.667. The average molecular weight is 210 g/mol. The summed E-state index contributed by atoms with van der Waals surface area (Å²) in [5.74, 6) is -0.0337. The van der Waals surface area contributed by atoms with Gasteiger partial charge in [-0.15, -0.1) is 23.4 Å². The fourth-order valence-electron chi connectivity index (χ4n) is 0.397. The summed E-state index contributed by atoms with van der Waals surface area (Å²) in [7, 11) is 0. The molecule has 0 aliphatic heterocycles. The minimum absolute atomic E-state index is 0.103. The lowest BCUT2D eigenvalue weighted by Crippen LogP contribution is -2.09. The number of alkyl halides is 1. The molecule has 0 radical (unpaired) electrons. The van der Waals surface area contributed by atoms with Crippen molar-refractivity contribution in [1.82, 2.24) is 0 Å². The van der Waals surface area contributed by atoms with Crippen molar-refractivity contribution in [1.29, 1.82) is 5.26 Å². The van der Waals surface area contributed by atoms with E-state index in [1.54, 1.807) is 0 Å². The molecule has 0 bridgehead atoms. The molecule has 68 valence electrons. The molecule has 1 N–H and O–H groups in total. The second kappa shape index (κ2) is 7.22. The van der Waals surface area contributed by atoms with Gasteiger partial charge in [0.25, 0.3) is 0 Å². The first-order chi connectivity index (χ1) is 5.70. The van der Waals surface area contributed by atoms with Crippen LogP contribution in [0.4, 0.5) is 0 Å². The molecule has 12 heavy (non-hydrogen) atoms. The Hall–Kier alpha value is -0.440. The quantitative estimate of drug-likeness (QED) is 0.402. The SMILES string of the molecule is N#CC(Cl)CSCC(=O)OCO. The van der Waals surface area contributed by atoms with Gasteiger partial charge >= 0.3 is 5.97 Å². The summed E-state index contributed by atoms with van der Waals surface area (Å²) in [4.78, 5) is 10.6. The highest BCUT2D eigenvalue weighted by Crippen LogP contribution is 2.07. The van der Waals surface area contributed by atoms with Crippen LogP contribution in [-0.4, -0.2) is 34.8 Å². The van der Waals surface area contributed by atoms with Crippen molar-refractivity contribution >= 4 is 29.3 Å². The van der Waals surface area contributed by atoms with E-state index in [0.29, 0.717) is 5.75 Å². The third-order valence-corrected chi connectivity index (χ3v) is 2.29. The number of ether oxygens (including phenoxy) is 1. The molecule has 0 aromatic rings. The van der Waals surface area contributed by atoms with Crippen LogP contribution in [0.3, 0.4) is 0 Å². The molecule has 6 heteroatoms. The van der Waals surface area contributed by atoms with Gasteiger partial charge in [0, 0.05) is 5.75 Å². The molecule has 1 atom stereocenters. The number of rotatable bonds is 5. The Morgan fingerprint density at radius 2 is 2.50 bits per heavy atom. The van der Waals surface area contributed by atoms with E-state index in [2.05, 4.69) is 4.74 Å². The number of carbonyl (C=O) groups excluding carboxylic acids is 1. The summed E-state index contributed by atoms with van der Waals surface area (Å²) >= 11 is 6.64. The van der Waals surface area contributed by atoms with Crippen LogP contribution in [0.25, 0.3) is 0 Å². The first-order valence-electron chi connectivity index (χ1n) is 3.08.